The fourth-order valence-electron chi connectivity index (χ4n) is 2.18. The average Bonchev–Trinajstić information content (AvgIpc) is 2.90. The molecular formula is C16H16F3N3O4. The van der Waals surface area contributed by atoms with Crippen molar-refractivity contribution in [2.24, 2.45) is 0 Å². The summed E-state index contributed by atoms with van der Waals surface area (Å²) in [5.41, 5.74) is 5.92. The molecule has 2 aromatic rings. The molecule has 0 unspecified atom stereocenters. The van der Waals surface area contributed by atoms with E-state index in [-0.39, 0.29) is 23.7 Å². The predicted octanol–water partition coefficient (Wildman–Crippen LogP) is 2.31. The Morgan fingerprint density at radius 3 is 2.46 bits per heavy atom. The number of aryl methyl sites for hydroxylation is 1. The highest BCUT2D eigenvalue weighted by Crippen LogP contribution is 2.19. The number of hydrogen-bond donors (Lipinski definition) is 1. The lowest BCUT2D eigenvalue weighted by atomic mass is 10.2. The van der Waals surface area contributed by atoms with Crippen molar-refractivity contribution in [2.75, 3.05) is 18.9 Å². The molecule has 2 rings (SSSR count). The van der Waals surface area contributed by atoms with Gasteiger partial charge >= 0.3 is 12.1 Å². The van der Waals surface area contributed by atoms with Gasteiger partial charge in [-0.25, -0.2) is 4.79 Å². The Labute approximate surface area is 146 Å². The van der Waals surface area contributed by atoms with Crippen molar-refractivity contribution in [3.8, 4) is 0 Å². The molecule has 0 atom stereocenters. The highest BCUT2D eigenvalue weighted by molar-refractivity contribution is 5.96. The molecule has 26 heavy (non-hydrogen) atoms. The molecular weight excluding hydrogens is 355 g/mol. The van der Waals surface area contributed by atoms with E-state index in [4.69, 9.17) is 10.5 Å². The van der Waals surface area contributed by atoms with Gasteiger partial charge in [0, 0.05) is 6.54 Å². The Bertz CT molecular complexity index is 755. The van der Waals surface area contributed by atoms with Crippen molar-refractivity contribution < 1.29 is 32.0 Å². The van der Waals surface area contributed by atoms with Crippen LogP contribution in [0.1, 0.15) is 21.6 Å². The predicted molar refractivity (Wildman–Crippen MR) is 83.8 cm³/mol. The van der Waals surface area contributed by atoms with Gasteiger partial charge < -0.3 is 19.9 Å². The second-order valence-electron chi connectivity index (χ2n) is 5.43. The zero-order chi connectivity index (χ0) is 19.3. The number of amides is 1. The van der Waals surface area contributed by atoms with Crippen LogP contribution in [0, 0.1) is 6.92 Å². The SMILES string of the molecule is Cc1noc(N)c1C(=O)OCC(=O)N(Cc1ccccc1)CC(F)(F)F. The molecule has 0 spiro atoms. The Morgan fingerprint density at radius 1 is 1.27 bits per heavy atom. The summed E-state index contributed by atoms with van der Waals surface area (Å²) < 4.78 is 47.6. The number of rotatable bonds is 6. The van der Waals surface area contributed by atoms with E-state index in [0.717, 1.165) is 0 Å². The number of nitrogens with two attached hydrogens (primary N) is 1. The quantitative estimate of drug-likeness (QED) is 0.783. The van der Waals surface area contributed by atoms with Gasteiger partial charge in [0.05, 0.1) is 5.69 Å². The second kappa shape index (κ2) is 7.89. The topological polar surface area (TPSA) is 98.7 Å². The van der Waals surface area contributed by atoms with Crippen molar-refractivity contribution in [1.29, 1.82) is 0 Å². The molecule has 1 amide bonds. The first-order valence-electron chi connectivity index (χ1n) is 7.44. The summed E-state index contributed by atoms with van der Waals surface area (Å²) in [6, 6.07) is 8.16. The summed E-state index contributed by atoms with van der Waals surface area (Å²) in [5.74, 6) is -2.29. The minimum atomic E-state index is -4.59. The summed E-state index contributed by atoms with van der Waals surface area (Å²) in [6.07, 6.45) is -4.59. The Kier molecular flexibility index (Phi) is 5.86. The van der Waals surface area contributed by atoms with E-state index in [2.05, 4.69) is 9.68 Å². The third-order valence-corrected chi connectivity index (χ3v) is 3.36. The maximum absolute atomic E-state index is 12.8. The van der Waals surface area contributed by atoms with Crippen LogP contribution in [0.5, 0.6) is 0 Å². The number of alkyl halides is 3. The summed E-state index contributed by atoms with van der Waals surface area (Å²) >= 11 is 0. The van der Waals surface area contributed by atoms with Crippen LogP contribution in [0.2, 0.25) is 0 Å². The van der Waals surface area contributed by atoms with Crippen molar-refractivity contribution >= 4 is 17.8 Å². The van der Waals surface area contributed by atoms with Gasteiger partial charge in [-0.2, -0.15) is 13.2 Å². The summed E-state index contributed by atoms with van der Waals surface area (Å²) in [4.78, 5) is 24.6. The summed E-state index contributed by atoms with van der Waals surface area (Å²) in [5, 5.41) is 3.46. The number of aromatic nitrogens is 1. The molecule has 1 aromatic heterocycles. The lowest BCUT2D eigenvalue weighted by Gasteiger charge is -2.24. The Hall–Kier alpha value is -3.04. The van der Waals surface area contributed by atoms with Gasteiger partial charge in [0.1, 0.15) is 12.1 Å². The number of carbonyl (C=O) groups is 2. The van der Waals surface area contributed by atoms with Gasteiger partial charge in [0.2, 0.25) is 5.88 Å². The minimum absolute atomic E-state index is 0.149. The van der Waals surface area contributed by atoms with Gasteiger partial charge in [-0.15, -0.1) is 0 Å². The standard InChI is InChI=1S/C16H16F3N3O4/c1-10-13(14(20)26-21-10)15(24)25-8-12(23)22(9-16(17,18)19)7-11-5-3-2-4-6-11/h2-6H,7-9,20H2,1H3. The van der Waals surface area contributed by atoms with E-state index >= 15 is 0 Å². The number of esters is 1. The average molecular weight is 371 g/mol. The Balaban J connectivity index is 2.05. The molecule has 140 valence electrons. The fraction of sp³-hybridized carbons (Fsp3) is 0.312. The number of halogens is 3. The zero-order valence-electron chi connectivity index (χ0n) is 13.7. The van der Waals surface area contributed by atoms with Crippen LogP contribution >= 0.6 is 0 Å². The molecule has 0 saturated carbocycles. The van der Waals surface area contributed by atoms with Crippen LogP contribution in [-0.4, -0.2) is 41.3 Å². The van der Waals surface area contributed by atoms with Crippen molar-refractivity contribution in [2.45, 2.75) is 19.6 Å². The fourth-order valence-corrected chi connectivity index (χ4v) is 2.18. The lowest BCUT2D eigenvalue weighted by molar-refractivity contribution is -0.164. The highest BCUT2D eigenvalue weighted by atomic mass is 19.4. The van der Waals surface area contributed by atoms with Crippen LogP contribution in [-0.2, 0) is 16.1 Å². The van der Waals surface area contributed by atoms with Crippen LogP contribution in [0.15, 0.2) is 34.9 Å². The van der Waals surface area contributed by atoms with E-state index < -0.39 is 31.2 Å². The van der Waals surface area contributed by atoms with Crippen LogP contribution < -0.4 is 5.73 Å². The van der Waals surface area contributed by atoms with Crippen molar-refractivity contribution in [3.05, 3.63) is 47.2 Å². The maximum atomic E-state index is 12.8. The van der Waals surface area contributed by atoms with E-state index in [1.165, 1.54) is 6.92 Å². The number of nitrogen functional groups attached to an aromatic ring is 1. The Morgan fingerprint density at radius 2 is 1.92 bits per heavy atom. The smallest absolute Gasteiger partial charge is 0.406 e. The lowest BCUT2D eigenvalue weighted by Crippen LogP contribution is -2.40. The molecule has 0 aliphatic rings. The van der Waals surface area contributed by atoms with Gasteiger partial charge in [0.15, 0.2) is 6.61 Å². The molecule has 0 radical (unpaired) electrons. The van der Waals surface area contributed by atoms with Gasteiger partial charge in [-0.1, -0.05) is 35.5 Å². The maximum Gasteiger partial charge on any atom is 0.406 e. The number of ether oxygens (including phenoxy) is 1. The van der Waals surface area contributed by atoms with Gasteiger partial charge in [-0.3, -0.25) is 4.79 Å². The molecule has 1 heterocycles. The summed E-state index contributed by atoms with van der Waals surface area (Å²) in [6.45, 7) is -1.17. The molecule has 0 fully saturated rings. The molecule has 1 aromatic carbocycles. The number of carbonyl (C=O) groups excluding carboxylic acids is 2. The largest absolute Gasteiger partial charge is 0.452 e. The second-order valence-corrected chi connectivity index (χ2v) is 5.43. The highest BCUT2D eigenvalue weighted by Gasteiger charge is 2.33. The first-order chi connectivity index (χ1) is 12.2. The molecule has 0 aliphatic heterocycles. The van der Waals surface area contributed by atoms with Gasteiger partial charge in [-0.05, 0) is 12.5 Å². The van der Waals surface area contributed by atoms with E-state index in [0.29, 0.717) is 10.5 Å². The normalized spacial score (nSPS) is 11.2. The van der Waals surface area contributed by atoms with E-state index in [1.807, 2.05) is 0 Å². The monoisotopic (exact) mass is 371 g/mol. The number of hydrogen-bond acceptors (Lipinski definition) is 6. The van der Waals surface area contributed by atoms with Gasteiger partial charge in [0.25, 0.3) is 5.91 Å². The first kappa shape index (κ1) is 19.3. The third kappa shape index (κ3) is 5.23. The number of anilines is 1. The van der Waals surface area contributed by atoms with Crippen molar-refractivity contribution in [1.82, 2.24) is 10.1 Å². The molecule has 2 N–H and O–H groups in total. The third-order valence-electron chi connectivity index (χ3n) is 3.36. The van der Waals surface area contributed by atoms with Crippen LogP contribution in [0.4, 0.5) is 19.1 Å². The molecule has 0 aliphatic carbocycles. The van der Waals surface area contributed by atoms with Crippen LogP contribution in [0.25, 0.3) is 0 Å². The van der Waals surface area contributed by atoms with Crippen LogP contribution in [0.3, 0.4) is 0 Å². The summed E-state index contributed by atoms with van der Waals surface area (Å²) in [7, 11) is 0. The zero-order valence-corrected chi connectivity index (χ0v) is 13.7. The molecule has 10 heteroatoms. The van der Waals surface area contributed by atoms with Crippen molar-refractivity contribution in [3.63, 3.8) is 0 Å². The minimum Gasteiger partial charge on any atom is -0.452 e. The molecule has 0 bridgehead atoms. The van der Waals surface area contributed by atoms with E-state index in [9.17, 15) is 22.8 Å². The molecule has 0 saturated heterocycles. The molecule has 7 nitrogen and oxygen atoms in total. The number of nitrogens with zero attached hydrogens (tertiary/aromatic N) is 2. The van der Waals surface area contributed by atoms with E-state index in [1.54, 1.807) is 30.3 Å². The first-order valence-corrected chi connectivity index (χ1v) is 7.44. The number of benzene rings is 1.